The van der Waals surface area contributed by atoms with Crippen LogP contribution in [0.25, 0.3) is 10.2 Å². The van der Waals surface area contributed by atoms with Crippen LogP contribution in [0.4, 0.5) is 5.13 Å². The Hall–Kier alpha value is -3.34. The maximum atomic E-state index is 13.7. The van der Waals surface area contributed by atoms with Gasteiger partial charge in [0.05, 0.1) is 28.8 Å². The molecule has 1 aliphatic heterocycles. The summed E-state index contributed by atoms with van der Waals surface area (Å²) in [6.45, 7) is 3.38. The number of carbonyl (C=O) groups is 1. The van der Waals surface area contributed by atoms with Crippen molar-refractivity contribution in [3.63, 3.8) is 0 Å². The van der Waals surface area contributed by atoms with Crippen molar-refractivity contribution in [3.05, 3.63) is 78.1 Å². The molecular formula is C27H28N4O4S2. The molecule has 0 radical (unpaired) electrons. The van der Waals surface area contributed by atoms with E-state index in [9.17, 15) is 13.2 Å². The van der Waals surface area contributed by atoms with E-state index in [4.69, 9.17) is 9.72 Å². The standard InChI is InChI=1S/C27H28N4O4S2/c1-19-5-4-14-30(17-19)37(33,34)23-10-7-21(8-11-23)26(32)31(18-20-6-3-13-28-16-20)27-29-24-12-9-22(35-2)15-25(24)36-27/h3,6-13,15-16,19H,4-5,14,17-18H2,1-2H3. The molecular weight excluding hydrogens is 508 g/mol. The van der Waals surface area contributed by atoms with Gasteiger partial charge in [-0.15, -0.1) is 0 Å². The number of methoxy groups -OCH3 is 1. The van der Waals surface area contributed by atoms with Gasteiger partial charge in [0.1, 0.15) is 5.75 Å². The summed E-state index contributed by atoms with van der Waals surface area (Å²) in [5, 5.41) is 0.538. The lowest BCUT2D eigenvalue weighted by molar-refractivity contribution is 0.0985. The topological polar surface area (TPSA) is 92.7 Å². The van der Waals surface area contributed by atoms with E-state index in [1.54, 1.807) is 40.8 Å². The molecule has 0 N–H and O–H groups in total. The third kappa shape index (κ3) is 5.36. The van der Waals surface area contributed by atoms with Gasteiger partial charge in [0, 0.05) is 31.0 Å². The van der Waals surface area contributed by atoms with Crippen LogP contribution in [0.5, 0.6) is 5.75 Å². The summed E-state index contributed by atoms with van der Waals surface area (Å²) in [6, 6.07) is 15.5. The van der Waals surface area contributed by atoms with E-state index in [2.05, 4.69) is 11.9 Å². The SMILES string of the molecule is COc1ccc2nc(N(Cc3cccnc3)C(=O)c3ccc(S(=O)(=O)N4CCCC(C)C4)cc3)sc2c1. The number of thiazole rings is 1. The zero-order chi connectivity index (χ0) is 26.0. The predicted octanol–water partition coefficient (Wildman–Crippen LogP) is 4.97. The lowest BCUT2D eigenvalue weighted by Gasteiger charge is -2.30. The van der Waals surface area contributed by atoms with Gasteiger partial charge < -0.3 is 4.74 Å². The lowest BCUT2D eigenvalue weighted by atomic mass is 10.0. The summed E-state index contributed by atoms with van der Waals surface area (Å²) < 4.78 is 34.1. The summed E-state index contributed by atoms with van der Waals surface area (Å²) >= 11 is 1.39. The molecule has 1 atom stereocenters. The van der Waals surface area contributed by atoms with Crippen molar-refractivity contribution in [2.24, 2.45) is 5.92 Å². The van der Waals surface area contributed by atoms with E-state index in [-0.39, 0.29) is 17.3 Å². The molecule has 0 aliphatic carbocycles. The summed E-state index contributed by atoms with van der Waals surface area (Å²) in [4.78, 5) is 24.4. The Morgan fingerprint density at radius 1 is 1.19 bits per heavy atom. The van der Waals surface area contributed by atoms with Gasteiger partial charge in [-0.1, -0.05) is 24.3 Å². The number of nitrogens with zero attached hydrogens (tertiary/aromatic N) is 4. The van der Waals surface area contributed by atoms with E-state index in [1.165, 1.54) is 23.5 Å². The van der Waals surface area contributed by atoms with Crippen LogP contribution in [0.15, 0.2) is 71.9 Å². The minimum Gasteiger partial charge on any atom is -0.497 e. The lowest BCUT2D eigenvalue weighted by Crippen LogP contribution is -2.39. The molecule has 4 aromatic rings. The highest BCUT2D eigenvalue weighted by atomic mass is 32.2. The molecule has 8 nitrogen and oxygen atoms in total. The number of fused-ring (bicyclic) bond motifs is 1. The molecule has 0 saturated carbocycles. The maximum absolute atomic E-state index is 13.7. The summed E-state index contributed by atoms with van der Waals surface area (Å²) in [7, 11) is -2.00. The number of ether oxygens (including phenoxy) is 1. The molecule has 10 heteroatoms. The van der Waals surface area contributed by atoms with Crippen molar-refractivity contribution in [1.82, 2.24) is 14.3 Å². The molecule has 37 heavy (non-hydrogen) atoms. The summed E-state index contributed by atoms with van der Waals surface area (Å²) in [5.41, 5.74) is 2.00. The number of rotatable bonds is 7. The van der Waals surface area contributed by atoms with Crippen LogP contribution < -0.4 is 9.64 Å². The van der Waals surface area contributed by atoms with Crippen molar-refractivity contribution in [2.45, 2.75) is 31.2 Å². The first-order chi connectivity index (χ1) is 17.8. The van der Waals surface area contributed by atoms with Crippen LogP contribution in [-0.2, 0) is 16.6 Å². The largest absolute Gasteiger partial charge is 0.497 e. The monoisotopic (exact) mass is 536 g/mol. The Labute approximate surface area is 220 Å². The summed E-state index contributed by atoms with van der Waals surface area (Å²) in [5.74, 6) is 0.775. The Kier molecular flexibility index (Phi) is 7.23. The smallest absolute Gasteiger partial charge is 0.260 e. The van der Waals surface area contributed by atoms with Crippen molar-refractivity contribution >= 4 is 42.6 Å². The fourth-order valence-corrected chi connectivity index (χ4v) is 7.06. The van der Waals surface area contributed by atoms with Gasteiger partial charge in [0.2, 0.25) is 10.0 Å². The number of anilines is 1. The van der Waals surface area contributed by atoms with Gasteiger partial charge in [0.25, 0.3) is 5.91 Å². The molecule has 1 saturated heterocycles. The number of piperidine rings is 1. The highest BCUT2D eigenvalue weighted by Gasteiger charge is 2.29. The first kappa shape index (κ1) is 25.3. The summed E-state index contributed by atoms with van der Waals surface area (Å²) in [6.07, 6.45) is 5.28. The van der Waals surface area contributed by atoms with Gasteiger partial charge >= 0.3 is 0 Å². The van der Waals surface area contributed by atoms with Crippen molar-refractivity contribution in [3.8, 4) is 5.75 Å². The third-order valence-corrected chi connectivity index (χ3v) is 9.40. The molecule has 1 amide bonds. The van der Waals surface area contributed by atoms with E-state index < -0.39 is 10.0 Å². The number of sulfonamides is 1. The van der Waals surface area contributed by atoms with Crippen LogP contribution in [0.2, 0.25) is 0 Å². The number of benzene rings is 2. The minimum atomic E-state index is -3.60. The predicted molar refractivity (Wildman–Crippen MR) is 145 cm³/mol. The molecule has 192 valence electrons. The van der Waals surface area contributed by atoms with Crippen LogP contribution in [0, 0.1) is 5.92 Å². The highest BCUT2D eigenvalue weighted by Crippen LogP contribution is 2.33. The zero-order valence-electron chi connectivity index (χ0n) is 20.7. The van der Waals surface area contributed by atoms with Gasteiger partial charge in [-0.05, 0) is 72.9 Å². The van der Waals surface area contributed by atoms with Crippen molar-refractivity contribution in [2.75, 3.05) is 25.1 Å². The molecule has 2 aromatic carbocycles. The maximum Gasteiger partial charge on any atom is 0.260 e. The first-order valence-corrected chi connectivity index (χ1v) is 14.4. The minimum absolute atomic E-state index is 0.198. The second kappa shape index (κ2) is 10.6. The van der Waals surface area contributed by atoms with Gasteiger partial charge in [0.15, 0.2) is 5.13 Å². The Balaban J connectivity index is 1.46. The van der Waals surface area contributed by atoms with Crippen molar-refractivity contribution < 1.29 is 17.9 Å². The molecule has 2 aromatic heterocycles. The first-order valence-electron chi connectivity index (χ1n) is 12.1. The van der Waals surface area contributed by atoms with Crippen LogP contribution in [0.3, 0.4) is 0 Å². The van der Waals surface area contributed by atoms with Crippen LogP contribution in [0.1, 0.15) is 35.7 Å². The molecule has 1 unspecified atom stereocenters. The van der Waals surface area contributed by atoms with Gasteiger partial charge in [-0.2, -0.15) is 4.31 Å². The molecule has 1 fully saturated rings. The number of aromatic nitrogens is 2. The normalized spacial score (nSPS) is 16.5. The fraction of sp³-hybridized carbons (Fsp3) is 0.296. The Bertz CT molecular complexity index is 1500. The quantitative estimate of drug-likeness (QED) is 0.331. The van der Waals surface area contributed by atoms with Crippen LogP contribution in [-0.4, -0.2) is 48.8 Å². The molecule has 3 heterocycles. The van der Waals surface area contributed by atoms with Crippen LogP contribution >= 0.6 is 11.3 Å². The van der Waals surface area contributed by atoms with E-state index >= 15 is 0 Å². The second-order valence-electron chi connectivity index (χ2n) is 9.22. The van der Waals surface area contributed by atoms with E-state index in [1.807, 2.05) is 30.3 Å². The number of amides is 1. The average molecular weight is 537 g/mol. The number of pyridine rings is 1. The fourth-order valence-electron chi connectivity index (χ4n) is 4.47. The van der Waals surface area contributed by atoms with Crippen molar-refractivity contribution in [1.29, 1.82) is 0 Å². The molecule has 0 bridgehead atoms. The second-order valence-corrected chi connectivity index (χ2v) is 12.2. The molecule has 1 aliphatic rings. The third-order valence-electron chi connectivity index (χ3n) is 6.48. The Morgan fingerprint density at radius 3 is 2.70 bits per heavy atom. The molecule has 0 spiro atoms. The average Bonchev–Trinajstić information content (AvgIpc) is 3.35. The van der Waals surface area contributed by atoms with Gasteiger partial charge in [-0.3, -0.25) is 14.7 Å². The number of hydrogen-bond acceptors (Lipinski definition) is 7. The zero-order valence-corrected chi connectivity index (χ0v) is 22.3. The Morgan fingerprint density at radius 2 is 2.00 bits per heavy atom. The highest BCUT2D eigenvalue weighted by molar-refractivity contribution is 7.89. The van der Waals surface area contributed by atoms with Gasteiger partial charge in [-0.25, -0.2) is 13.4 Å². The molecule has 5 rings (SSSR count). The van der Waals surface area contributed by atoms with E-state index in [0.29, 0.717) is 35.5 Å². The number of carbonyl (C=O) groups excluding carboxylic acids is 1. The van der Waals surface area contributed by atoms with E-state index in [0.717, 1.165) is 28.6 Å². The number of hydrogen-bond donors (Lipinski definition) is 0.